The van der Waals surface area contributed by atoms with E-state index < -0.39 is 21.8 Å². The van der Waals surface area contributed by atoms with Gasteiger partial charge in [0.1, 0.15) is 0 Å². The van der Waals surface area contributed by atoms with Gasteiger partial charge in [0.05, 0.1) is 29.3 Å². The van der Waals surface area contributed by atoms with Gasteiger partial charge in [-0.25, -0.2) is 22.8 Å². The van der Waals surface area contributed by atoms with Gasteiger partial charge in [-0.05, 0) is 36.8 Å². The van der Waals surface area contributed by atoms with Crippen molar-refractivity contribution in [2.24, 2.45) is 5.92 Å². The van der Waals surface area contributed by atoms with Crippen LogP contribution in [0.4, 0.5) is 13.2 Å². The lowest BCUT2D eigenvalue weighted by Crippen LogP contribution is -2.43. The quantitative estimate of drug-likeness (QED) is 0.696. The molecule has 1 amide bonds. The zero-order valence-corrected chi connectivity index (χ0v) is 18.9. The van der Waals surface area contributed by atoms with Gasteiger partial charge in [0.25, 0.3) is 5.91 Å². The number of amides is 1. The van der Waals surface area contributed by atoms with Crippen molar-refractivity contribution in [1.29, 1.82) is 0 Å². The smallest absolute Gasteiger partial charge is 0.338 e. The molecule has 1 aliphatic heterocycles. The van der Waals surface area contributed by atoms with Gasteiger partial charge in [0.15, 0.2) is 5.82 Å². The first-order valence-electron chi connectivity index (χ1n) is 10.2. The van der Waals surface area contributed by atoms with E-state index in [0.717, 1.165) is 31.4 Å². The molecule has 1 unspecified atom stereocenters. The number of likely N-dealkylation sites (tertiary alicyclic amines) is 1. The predicted octanol–water partition coefficient (Wildman–Crippen LogP) is 2.81. The van der Waals surface area contributed by atoms with Gasteiger partial charge in [0, 0.05) is 25.8 Å². The molecule has 32 heavy (non-hydrogen) atoms. The Bertz CT molecular complexity index is 1070. The molecule has 2 aromatic rings. The largest absolute Gasteiger partial charge is 0.417 e. The topological polar surface area (TPSA) is 97.2 Å². The Morgan fingerprint density at radius 3 is 2.56 bits per heavy atom. The van der Waals surface area contributed by atoms with Crippen LogP contribution in [0.25, 0.3) is 5.82 Å². The van der Waals surface area contributed by atoms with E-state index in [0.29, 0.717) is 24.3 Å². The van der Waals surface area contributed by atoms with Crippen LogP contribution in [0.2, 0.25) is 0 Å². The molecular weight excluding hydrogens is 447 g/mol. The average Bonchev–Trinajstić information content (AvgIpc) is 3.16. The summed E-state index contributed by atoms with van der Waals surface area (Å²) in [5, 5.41) is 4.24. The molecule has 0 saturated carbocycles. The highest BCUT2D eigenvalue weighted by Crippen LogP contribution is 2.30. The van der Waals surface area contributed by atoms with Gasteiger partial charge in [-0.15, -0.1) is 0 Å². The highest BCUT2D eigenvalue weighted by molar-refractivity contribution is 7.88. The Kier molecular flexibility index (Phi) is 6.94. The van der Waals surface area contributed by atoms with Crippen molar-refractivity contribution in [2.75, 3.05) is 25.9 Å². The number of pyridine rings is 1. The number of piperidine rings is 1. The lowest BCUT2D eigenvalue weighted by atomic mass is 9.97. The number of hydrogen-bond donors (Lipinski definition) is 1. The molecule has 1 aliphatic rings. The van der Waals surface area contributed by atoms with Gasteiger partial charge in [0.2, 0.25) is 10.0 Å². The summed E-state index contributed by atoms with van der Waals surface area (Å²) in [7, 11) is -3.32. The molecule has 3 rings (SSSR count). The fourth-order valence-electron chi connectivity index (χ4n) is 3.80. The van der Waals surface area contributed by atoms with Crippen LogP contribution in [0, 0.1) is 5.92 Å². The maximum atomic E-state index is 13.3. The number of carbonyl (C=O) groups excluding carboxylic acids is 1. The molecule has 8 nitrogen and oxygen atoms in total. The average molecular weight is 474 g/mol. The zero-order chi connectivity index (χ0) is 23.7. The minimum Gasteiger partial charge on any atom is -0.338 e. The predicted molar refractivity (Wildman–Crippen MR) is 112 cm³/mol. The van der Waals surface area contributed by atoms with Gasteiger partial charge < -0.3 is 4.90 Å². The Labute approximate surface area is 184 Å². The summed E-state index contributed by atoms with van der Waals surface area (Å²) in [6.45, 7) is 4.93. The van der Waals surface area contributed by atoms with E-state index in [1.807, 2.05) is 13.8 Å². The summed E-state index contributed by atoms with van der Waals surface area (Å²) >= 11 is 0. The fourth-order valence-corrected chi connectivity index (χ4v) is 4.33. The number of halogens is 3. The van der Waals surface area contributed by atoms with Crippen LogP contribution in [-0.2, 0) is 16.2 Å². The molecule has 12 heteroatoms. The zero-order valence-electron chi connectivity index (χ0n) is 18.1. The SMILES string of the molecule is CC(C)c1c(C(=O)N2CCCC(CNS(C)(=O)=O)C2)cnn1-c1ccc(C(F)(F)F)cn1. The first-order valence-corrected chi connectivity index (χ1v) is 12.1. The second-order valence-electron chi connectivity index (χ2n) is 8.29. The number of sulfonamides is 1. The first-order chi connectivity index (χ1) is 14.9. The van der Waals surface area contributed by atoms with Crippen LogP contribution in [0.15, 0.2) is 24.5 Å². The molecule has 2 aromatic heterocycles. The number of rotatable bonds is 6. The lowest BCUT2D eigenvalue weighted by Gasteiger charge is -2.33. The maximum Gasteiger partial charge on any atom is 0.417 e. The van der Waals surface area contributed by atoms with Crippen molar-refractivity contribution in [1.82, 2.24) is 24.4 Å². The highest BCUT2D eigenvalue weighted by Gasteiger charge is 2.32. The third kappa shape index (κ3) is 5.66. The van der Waals surface area contributed by atoms with E-state index >= 15 is 0 Å². The maximum absolute atomic E-state index is 13.3. The third-order valence-electron chi connectivity index (χ3n) is 5.32. The molecule has 1 saturated heterocycles. The second-order valence-corrected chi connectivity index (χ2v) is 10.1. The molecule has 1 atom stereocenters. The Morgan fingerprint density at radius 1 is 1.28 bits per heavy atom. The fraction of sp³-hybridized carbons (Fsp3) is 0.550. The van der Waals surface area contributed by atoms with E-state index in [4.69, 9.17) is 0 Å². The summed E-state index contributed by atoms with van der Waals surface area (Å²) in [5.74, 6) is -0.199. The van der Waals surface area contributed by atoms with Crippen LogP contribution in [-0.4, -0.2) is 59.9 Å². The van der Waals surface area contributed by atoms with Crippen molar-refractivity contribution in [3.8, 4) is 5.82 Å². The number of alkyl halides is 3. The third-order valence-corrected chi connectivity index (χ3v) is 6.01. The number of aromatic nitrogens is 3. The van der Waals surface area contributed by atoms with Gasteiger partial charge in [-0.3, -0.25) is 4.79 Å². The van der Waals surface area contributed by atoms with Crippen LogP contribution in [0.1, 0.15) is 54.2 Å². The molecule has 0 aromatic carbocycles. The van der Waals surface area contributed by atoms with Gasteiger partial charge in [-0.2, -0.15) is 18.3 Å². The number of hydrogen-bond acceptors (Lipinski definition) is 5. The number of nitrogens with one attached hydrogen (secondary N) is 1. The molecule has 0 aliphatic carbocycles. The summed E-state index contributed by atoms with van der Waals surface area (Å²) in [4.78, 5) is 18.8. The Balaban J connectivity index is 1.84. The monoisotopic (exact) mass is 473 g/mol. The second kappa shape index (κ2) is 9.18. The molecule has 0 bridgehead atoms. The normalized spacial score (nSPS) is 17.7. The first kappa shape index (κ1) is 24.2. The molecule has 1 N–H and O–H groups in total. The van der Waals surface area contributed by atoms with Crippen molar-refractivity contribution >= 4 is 15.9 Å². The Morgan fingerprint density at radius 2 is 2.00 bits per heavy atom. The van der Waals surface area contributed by atoms with E-state index in [-0.39, 0.29) is 30.1 Å². The van der Waals surface area contributed by atoms with Gasteiger partial charge in [-0.1, -0.05) is 13.8 Å². The molecule has 0 spiro atoms. The molecule has 1 fully saturated rings. The van der Waals surface area contributed by atoms with Crippen LogP contribution in [0.3, 0.4) is 0 Å². The van der Waals surface area contributed by atoms with Crippen LogP contribution < -0.4 is 4.72 Å². The van der Waals surface area contributed by atoms with E-state index in [1.165, 1.54) is 16.9 Å². The van der Waals surface area contributed by atoms with E-state index in [2.05, 4.69) is 14.8 Å². The summed E-state index contributed by atoms with van der Waals surface area (Å²) in [5.41, 5.74) is 0.0509. The molecule has 176 valence electrons. The molecule has 3 heterocycles. The summed E-state index contributed by atoms with van der Waals surface area (Å²) in [6.07, 6.45) is 0.305. The van der Waals surface area contributed by atoms with E-state index in [1.54, 1.807) is 4.90 Å². The van der Waals surface area contributed by atoms with Crippen molar-refractivity contribution in [3.05, 3.63) is 41.3 Å². The van der Waals surface area contributed by atoms with Crippen LogP contribution in [0.5, 0.6) is 0 Å². The lowest BCUT2D eigenvalue weighted by molar-refractivity contribution is -0.137. The Hall–Kier alpha value is -2.47. The minimum absolute atomic E-state index is 0.00319. The summed E-state index contributed by atoms with van der Waals surface area (Å²) in [6, 6.07) is 2.16. The van der Waals surface area contributed by atoms with Crippen molar-refractivity contribution in [3.63, 3.8) is 0 Å². The van der Waals surface area contributed by atoms with Crippen LogP contribution >= 0.6 is 0 Å². The minimum atomic E-state index is -4.49. The summed E-state index contributed by atoms with van der Waals surface area (Å²) < 4.78 is 65.2. The number of carbonyl (C=O) groups is 1. The van der Waals surface area contributed by atoms with Crippen molar-refractivity contribution < 1.29 is 26.4 Å². The molecule has 0 radical (unpaired) electrons. The number of nitrogens with zero attached hydrogens (tertiary/aromatic N) is 4. The molecular formula is C20H26F3N5O3S. The highest BCUT2D eigenvalue weighted by atomic mass is 32.2. The van der Waals surface area contributed by atoms with Crippen molar-refractivity contribution in [2.45, 2.75) is 38.8 Å². The standard InChI is InChI=1S/C20H26F3N5O3S/c1-13(2)18-16(11-25-28(18)17-7-6-15(10-24-17)20(21,22)23)19(29)27-8-4-5-14(12-27)9-26-32(3,30)31/h6-7,10-11,13-14,26H,4-5,8-9,12H2,1-3H3. The van der Waals surface area contributed by atoms with E-state index in [9.17, 15) is 26.4 Å². The van der Waals surface area contributed by atoms with Gasteiger partial charge >= 0.3 is 6.18 Å².